The molecule has 0 spiro atoms. The number of hydrogen-bond acceptors (Lipinski definition) is 4. The first-order valence-electron chi connectivity index (χ1n) is 5.59. The fourth-order valence-corrected chi connectivity index (χ4v) is 1.83. The molecule has 106 valence electrons. The zero-order chi connectivity index (χ0) is 14.7. The largest absolute Gasteiger partial charge is 0.387 e. The molecule has 1 atom stereocenters. The van der Waals surface area contributed by atoms with Crippen molar-refractivity contribution in [1.29, 1.82) is 0 Å². The maximum atomic E-state index is 13.3. The molecular formula is C12H10Cl2FN3O2. The number of aromatic amines is 1. The minimum absolute atomic E-state index is 0.0178. The summed E-state index contributed by atoms with van der Waals surface area (Å²) in [5.41, 5.74) is 0.0981. The molecule has 2 rings (SSSR count). The first-order valence-corrected chi connectivity index (χ1v) is 6.34. The molecule has 8 heteroatoms. The predicted molar refractivity (Wildman–Crippen MR) is 74.7 cm³/mol. The highest BCUT2D eigenvalue weighted by molar-refractivity contribution is 6.32. The van der Waals surface area contributed by atoms with Crippen molar-refractivity contribution in [1.82, 2.24) is 10.2 Å². The lowest BCUT2D eigenvalue weighted by Crippen LogP contribution is -2.16. The lowest BCUT2D eigenvalue weighted by atomic mass is 10.1. The van der Waals surface area contributed by atoms with Gasteiger partial charge < -0.3 is 10.4 Å². The highest BCUT2D eigenvalue weighted by Gasteiger charge is 2.12. The Balaban J connectivity index is 2.08. The SMILES string of the molecule is O=c1[nH]ncc(NC[C@@H](O)c2ccc(Cl)c(F)c2)c1Cl. The monoisotopic (exact) mass is 317 g/mol. The second kappa shape index (κ2) is 6.21. The molecule has 0 saturated carbocycles. The van der Waals surface area contributed by atoms with Crippen LogP contribution >= 0.6 is 23.2 Å². The molecule has 0 saturated heterocycles. The Kier molecular flexibility index (Phi) is 4.59. The third-order valence-electron chi connectivity index (χ3n) is 2.61. The summed E-state index contributed by atoms with van der Waals surface area (Å²) in [6.45, 7) is 0.0337. The Hall–Kier alpha value is -1.63. The zero-order valence-corrected chi connectivity index (χ0v) is 11.5. The maximum Gasteiger partial charge on any atom is 0.285 e. The average molecular weight is 318 g/mol. The molecular weight excluding hydrogens is 308 g/mol. The Morgan fingerprint density at radius 3 is 2.90 bits per heavy atom. The topological polar surface area (TPSA) is 78.0 Å². The van der Waals surface area contributed by atoms with Gasteiger partial charge in [-0.25, -0.2) is 9.49 Å². The van der Waals surface area contributed by atoms with E-state index in [0.717, 1.165) is 6.07 Å². The molecule has 0 bridgehead atoms. The molecule has 20 heavy (non-hydrogen) atoms. The van der Waals surface area contributed by atoms with Crippen LogP contribution in [-0.4, -0.2) is 21.8 Å². The van der Waals surface area contributed by atoms with Crippen molar-refractivity contribution >= 4 is 28.9 Å². The molecule has 3 N–H and O–H groups in total. The molecule has 0 aliphatic heterocycles. The Bertz CT molecular complexity index is 678. The number of aromatic nitrogens is 2. The summed E-state index contributed by atoms with van der Waals surface area (Å²) in [4.78, 5) is 11.2. The van der Waals surface area contributed by atoms with Gasteiger partial charge in [-0.15, -0.1) is 0 Å². The van der Waals surface area contributed by atoms with E-state index in [2.05, 4.69) is 15.5 Å². The lowest BCUT2D eigenvalue weighted by Gasteiger charge is -2.13. The summed E-state index contributed by atoms with van der Waals surface area (Å²) < 4.78 is 13.3. The Labute approximate surface area is 123 Å². The van der Waals surface area contributed by atoms with E-state index >= 15 is 0 Å². The summed E-state index contributed by atoms with van der Waals surface area (Å²) >= 11 is 11.3. The van der Waals surface area contributed by atoms with Crippen molar-refractivity contribution in [2.75, 3.05) is 11.9 Å². The Morgan fingerprint density at radius 2 is 2.20 bits per heavy atom. The molecule has 0 radical (unpaired) electrons. The third kappa shape index (κ3) is 3.27. The van der Waals surface area contributed by atoms with Gasteiger partial charge >= 0.3 is 0 Å². The van der Waals surface area contributed by atoms with Gasteiger partial charge in [0.15, 0.2) is 0 Å². The number of halogens is 3. The van der Waals surface area contributed by atoms with E-state index in [4.69, 9.17) is 23.2 Å². The quantitative estimate of drug-likeness (QED) is 0.809. The molecule has 5 nitrogen and oxygen atoms in total. The minimum atomic E-state index is -0.989. The summed E-state index contributed by atoms with van der Waals surface area (Å²) in [5, 5.41) is 18.4. The van der Waals surface area contributed by atoms with Crippen molar-refractivity contribution in [2.45, 2.75) is 6.10 Å². The van der Waals surface area contributed by atoms with Crippen molar-refractivity contribution in [3.8, 4) is 0 Å². The third-order valence-corrected chi connectivity index (χ3v) is 3.29. The minimum Gasteiger partial charge on any atom is -0.387 e. The number of rotatable bonds is 4. The smallest absolute Gasteiger partial charge is 0.285 e. The normalized spacial score (nSPS) is 12.2. The number of H-pyrrole nitrogens is 1. The van der Waals surface area contributed by atoms with Gasteiger partial charge in [-0.1, -0.05) is 29.3 Å². The van der Waals surface area contributed by atoms with Gasteiger partial charge in [0.1, 0.15) is 10.8 Å². The van der Waals surface area contributed by atoms with Crippen LogP contribution < -0.4 is 10.9 Å². The number of benzene rings is 1. The summed E-state index contributed by atoms with van der Waals surface area (Å²) in [6, 6.07) is 4.01. The fourth-order valence-electron chi connectivity index (χ4n) is 1.55. The molecule has 0 aliphatic carbocycles. The van der Waals surface area contributed by atoms with E-state index in [-0.39, 0.29) is 22.3 Å². The first kappa shape index (κ1) is 14.8. The number of hydrogen-bond donors (Lipinski definition) is 3. The van der Waals surface area contributed by atoms with Gasteiger partial charge in [0.25, 0.3) is 5.56 Å². The van der Waals surface area contributed by atoms with Crippen LogP contribution in [0.15, 0.2) is 29.2 Å². The van der Waals surface area contributed by atoms with Crippen molar-refractivity contribution in [2.24, 2.45) is 0 Å². The van der Waals surface area contributed by atoms with Crippen LogP contribution in [0.2, 0.25) is 10.0 Å². The van der Waals surface area contributed by atoms with Gasteiger partial charge in [-0.3, -0.25) is 4.79 Å². The van der Waals surface area contributed by atoms with E-state index in [1.165, 1.54) is 18.3 Å². The second-order valence-corrected chi connectivity index (χ2v) is 4.78. The predicted octanol–water partition coefficient (Wildman–Crippen LogP) is 2.36. The number of nitrogens with zero attached hydrogens (tertiary/aromatic N) is 1. The van der Waals surface area contributed by atoms with E-state index < -0.39 is 17.5 Å². The van der Waals surface area contributed by atoms with Gasteiger partial charge in [0.2, 0.25) is 0 Å². The highest BCUT2D eigenvalue weighted by Crippen LogP contribution is 2.21. The van der Waals surface area contributed by atoms with E-state index in [0.29, 0.717) is 5.56 Å². The van der Waals surface area contributed by atoms with Gasteiger partial charge in [-0.05, 0) is 17.7 Å². The maximum absolute atomic E-state index is 13.3. The molecule has 0 aliphatic rings. The van der Waals surface area contributed by atoms with Crippen LogP contribution in [0.25, 0.3) is 0 Å². The number of aliphatic hydroxyl groups is 1. The van der Waals surface area contributed by atoms with E-state index in [1.54, 1.807) is 0 Å². The average Bonchev–Trinajstić information content (AvgIpc) is 2.43. The molecule has 1 heterocycles. The number of anilines is 1. The zero-order valence-electron chi connectivity index (χ0n) is 10.0. The fraction of sp³-hybridized carbons (Fsp3) is 0.167. The van der Waals surface area contributed by atoms with Crippen LogP contribution in [-0.2, 0) is 0 Å². The standard InChI is InChI=1S/C12H10Cl2FN3O2/c13-7-2-1-6(3-8(7)15)10(19)5-16-9-4-17-18-12(20)11(9)14/h1-4,10,19H,5H2,(H2,16,18,20)/t10-/m1/s1. The molecule has 0 amide bonds. The van der Waals surface area contributed by atoms with Crippen molar-refractivity contribution in [3.05, 3.63) is 56.2 Å². The number of nitrogens with one attached hydrogen (secondary N) is 2. The van der Waals surface area contributed by atoms with Crippen LogP contribution in [0.1, 0.15) is 11.7 Å². The molecule has 0 unspecified atom stereocenters. The van der Waals surface area contributed by atoms with Gasteiger partial charge in [0.05, 0.1) is 23.0 Å². The van der Waals surface area contributed by atoms with Gasteiger partial charge in [-0.2, -0.15) is 5.10 Å². The van der Waals surface area contributed by atoms with Crippen LogP contribution in [0, 0.1) is 5.82 Å². The van der Waals surface area contributed by atoms with Crippen LogP contribution in [0.4, 0.5) is 10.1 Å². The van der Waals surface area contributed by atoms with Crippen LogP contribution in [0.5, 0.6) is 0 Å². The van der Waals surface area contributed by atoms with E-state index in [1.807, 2.05) is 0 Å². The summed E-state index contributed by atoms with van der Waals surface area (Å²) in [6.07, 6.45) is 0.330. The molecule has 2 aromatic rings. The number of aliphatic hydroxyl groups excluding tert-OH is 1. The molecule has 1 aromatic heterocycles. The Morgan fingerprint density at radius 1 is 1.45 bits per heavy atom. The molecule has 1 aromatic carbocycles. The second-order valence-electron chi connectivity index (χ2n) is 4.00. The van der Waals surface area contributed by atoms with Crippen molar-refractivity contribution in [3.63, 3.8) is 0 Å². The summed E-state index contributed by atoms with van der Waals surface area (Å²) in [5.74, 6) is -0.612. The molecule has 0 fully saturated rings. The lowest BCUT2D eigenvalue weighted by molar-refractivity contribution is 0.191. The highest BCUT2D eigenvalue weighted by atomic mass is 35.5. The van der Waals surface area contributed by atoms with Gasteiger partial charge in [0, 0.05) is 6.54 Å². The van der Waals surface area contributed by atoms with Crippen LogP contribution in [0.3, 0.4) is 0 Å². The first-order chi connectivity index (χ1) is 9.49. The van der Waals surface area contributed by atoms with Crippen molar-refractivity contribution < 1.29 is 9.50 Å². The van der Waals surface area contributed by atoms with E-state index in [9.17, 15) is 14.3 Å². The summed E-state index contributed by atoms with van der Waals surface area (Å²) in [7, 11) is 0.